The Morgan fingerprint density at radius 3 is 2.52 bits per heavy atom. The molecule has 3 aromatic rings. The molecule has 4 heteroatoms. The van der Waals surface area contributed by atoms with Gasteiger partial charge >= 0.3 is 0 Å². The number of para-hydroxylation sites is 1. The molecule has 1 atom stereocenters. The number of fused-ring (bicyclic) bond motifs is 1. The van der Waals surface area contributed by atoms with Crippen LogP contribution < -0.4 is 5.32 Å². The van der Waals surface area contributed by atoms with E-state index in [4.69, 9.17) is 4.42 Å². The summed E-state index contributed by atoms with van der Waals surface area (Å²) in [6.45, 7) is 0. The summed E-state index contributed by atoms with van der Waals surface area (Å²) in [7, 11) is 1.82. The number of nitrogens with one attached hydrogen (secondary N) is 1. The third-order valence-corrected chi connectivity index (χ3v) is 3.56. The minimum atomic E-state index is -0.365. The number of hydrogen-bond acceptors (Lipinski definition) is 2. The van der Waals surface area contributed by atoms with Crippen molar-refractivity contribution in [1.29, 1.82) is 0 Å². The van der Waals surface area contributed by atoms with Crippen molar-refractivity contribution in [2.75, 3.05) is 7.05 Å². The van der Waals surface area contributed by atoms with E-state index in [9.17, 15) is 8.78 Å². The van der Waals surface area contributed by atoms with Gasteiger partial charge in [0.05, 0.1) is 6.04 Å². The van der Waals surface area contributed by atoms with Gasteiger partial charge in [0, 0.05) is 5.39 Å². The lowest BCUT2D eigenvalue weighted by Gasteiger charge is -2.13. The van der Waals surface area contributed by atoms with Gasteiger partial charge in [-0.3, -0.25) is 0 Å². The van der Waals surface area contributed by atoms with Crippen molar-refractivity contribution >= 4 is 11.0 Å². The minimum absolute atomic E-state index is 0.0951. The molecule has 108 valence electrons. The van der Waals surface area contributed by atoms with Gasteiger partial charge < -0.3 is 9.73 Å². The summed E-state index contributed by atoms with van der Waals surface area (Å²) in [5.74, 6) is 0.0443. The zero-order valence-electron chi connectivity index (χ0n) is 11.6. The molecule has 0 aliphatic rings. The maximum Gasteiger partial charge on any atom is 0.169 e. The first-order chi connectivity index (χ1) is 10.2. The molecule has 1 N–H and O–H groups in total. The molecule has 0 bridgehead atoms. The van der Waals surface area contributed by atoms with Gasteiger partial charge in [-0.2, -0.15) is 0 Å². The fourth-order valence-electron chi connectivity index (χ4n) is 2.42. The molecular formula is C17H15F2NO. The van der Waals surface area contributed by atoms with Crippen molar-refractivity contribution in [3.8, 4) is 0 Å². The van der Waals surface area contributed by atoms with Crippen LogP contribution in [-0.2, 0) is 6.42 Å². The van der Waals surface area contributed by atoms with Gasteiger partial charge in [-0.25, -0.2) is 8.78 Å². The Morgan fingerprint density at radius 2 is 1.86 bits per heavy atom. The molecule has 1 heterocycles. The molecule has 0 saturated carbocycles. The minimum Gasteiger partial charge on any atom is -0.456 e. The quantitative estimate of drug-likeness (QED) is 0.777. The maximum absolute atomic E-state index is 13.7. The maximum atomic E-state index is 13.7. The normalized spacial score (nSPS) is 12.7. The van der Waals surface area contributed by atoms with Crippen LogP contribution in [0, 0.1) is 11.6 Å². The van der Waals surface area contributed by atoms with Crippen LogP contribution in [0.5, 0.6) is 0 Å². The first-order valence-corrected chi connectivity index (χ1v) is 6.77. The fraction of sp³-hybridized carbons (Fsp3) is 0.176. The van der Waals surface area contributed by atoms with Crippen molar-refractivity contribution in [3.63, 3.8) is 0 Å². The first-order valence-electron chi connectivity index (χ1n) is 6.77. The molecule has 0 fully saturated rings. The van der Waals surface area contributed by atoms with Crippen LogP contribution in [0.2, 0.25) is 0 Å². The highest BCUT2D eigenvalue weighted by molar-refractivity contribution is 5.78. The number of furan rings is 1. The van der Waals surface area contributed by atoms with Crippen LogP contribution in [0.15, 0.2) is 52.9 Å². The lowest BCUT2D eigenvalue weighted by Crippen LogP contribution is -2.18. The Bertz CT molecular complexity index is 749. The average Bonchev–Trinajstić information content (AvgIpc) is 2.92. The van der Waals surface area contributed by atoms with Gasteiger partial charge in [-0.15, -0.1) is 0 Å². The zero-order valence-corrected chi connectivity index (χ0v) is 11.6. The van der Waals surface area contributed by atoms with E-state index < -0.39 is 0 Å². The van der Waals surface area contributed by atoms with Crippen LogP contribution >= 0.6 is 0 Å². The Morgan fingerprint density at radius 1 is 1.10 bits per heavy atom. The van der Waals surface area contributed by atoms with E-state index in [0.717, 1.165) is 10.9 Å². The second-order valence-corrected chi connectivity index (χ2v) is 4.98. The number of likely N-dealkylation sites (N-methyl/N-ethyl adjacent to an activating group) is 1. The SMILES string of the molecule is CNC(Cc1ccc(F)cc1)c1cc2cccc(F)c2o1. The van der Waals surface area contributed by atoms with Gasteiger partial charge in [0.2, 0.25) is 0 Å². The second-order valence-electron chi connectivity index (χ2n) is 4.98. The van der Waals surface area contributed by atoms with Gasteiger partial charge in [-0.05, 0) is 43.3 Å². The van der Waals surface area contributed by atoms with Crippen LogP contribution in [0.1, 0.15) is 17.4 Å². The lowest BCUT2D eigenvalue weighted by atomic mass is 10.0. The number of hydrogen-bond donors (Lipinski definition) is 1. The van der Waals surface area contributed by atoms with Gasteiger partial charge in [-0.1, -0.05) is 24.3 Å². The number of halogens is 2. The summed E-state index contributed by atoms with van der Waals surface area (Å²) >= 11 is 0. The Kier molecular flexibility index (Phi) is 3.71. The predicted octanol–water partition coefficient (Wildman–Crippen LogP) is 4.21. The summed E-state index contributed by atoms with van der Waals surface area (Å²) in [6.07, 6.45) is 0.637. The predicted molar refractivity (Wildman–Crippen MR) is 78.1 cm³/mol. The molecule has 0 radical (unpaired) electrons. The molecule has 1 unspecified atom stereocenters. The Balaban J connectivity index is 1.90. The van der Waals surface area contributed by atoms with Crippen LogP contribution in [-0.4, -0.2) is 7.05 Å². The van der Waals surface area contributed by atoms with E-state index >= 15 is 0 Å². The molecule has 0 spiro atoms. The molecule has 1 aromatic heterocycles. The molecule has 2 nitrogen and oxygen atoms in total. The summed E-state index contributed by atoms with van der Waals surface area (Å²) in [4.78, 5) is 0. The van der Waals surface area contributed by atoms with Crippen LogP contribution in [0.25, 0.3) is 11.0 Å². The average molecular weight is 287 g/mol. The smallest absolute Gasteiger partial charge is 0.169 e. The highest BCUT2D eigenvalue weighted by Crippen LogP contribution is 2.27. The fourth-order valence-corrected chi connectivity index (χ4v) is 2.42. The Hall–Kier alpha value is -2.20. The van der Waals surface area contributed by atoms with Gasteiger partial charge in [0.1, 0.15) is 11.6 Å². The zero-order chi connectivity index (χ0) is 14.8. The largest absolute Gasteiger partial charge is 0.456 e. The van der Waals surface area contributed by atoms with E-state index in [2.05, 4.69) is 5.32 Å². The number of rotatable bonds is 4. The Labute approximate surface area is 121 Å². The third kappa shape index (κ3) is 2.81. The second kappa shape index (κ2) is 5.66. The molecular weight excluding hydrogens is 272 g/mol. The molecule has 2 aromatic carbocycles. The first kappa shape index (κ1) is 13.8. The summed E-state index contributed by atoms with van der Waals surface area (Å²) < 4.78 is 32.3. The van der Waals surface area contributed by atoms with Crippen molar-refractivity contribution in [2.24, 2.45) is 0 Å². The van der Waals surface area contributed by atoms with Crippen molar-refractivity contribution in [1.82, 2.24) is 5.32 Å². The van der Waals surface area contributed by atoms with E-state index in [1.54, 1.807) is 18.2 Å². The molecule has 0 aliphatic carbocycles. The molecule has 0 aliphatic heterocycles. The highest BCUT2D eigenvalue weighted by Gasteiger charge is 2.16. The summed E-state index contributed by atoms with van der Waals surface area (Å²) in [6, 6.07) is 12.9. The molecule has 3 rings (SSSR count). The van der Waals surface area contributed by atoms with Gasteiger partial charge in [0.25, 0.3) is 0 Å². The monoisotopic (exact) mass is 287 g/mol. The highest BCUT2D eigenvalue weighted by atomic mass is 19.1. The standard InChI is InChI=1S/C17H15F2NO/c1-20-15(9-11-5-7-13(18)8-6-11)16-10-12-3-2-4-14(19)17(12)21-16/h2-8,10,15,20H,9H2,1H3. The molecule has 21 heavy (non-hydrogen) atoms. The lowest BCUT2D eigenvalue weighted by molar-refractivity contribution is 0.441. The van der Waals surface area contributed by atoms with Crippen molar-refractivity contribution in [3.05, 3.63) is 71.5 Å². The van der Waals surface area contributed by atoms with Crippen molar-refractivity contribution in [2.45, 2.75) is 12.5 Å². The van der Waals surface area contributed by atoms with Crippen molar-refractivity contribution < 1.29 is 13.2 Å². The van der Waals surface area contributed by atoms with Crippen LogP contribution in [0.4, 0.5) is 8.78 Å². The topological polar surface area (TPSA) is 25.2 Å². The summed E-state index contributed by atoms with van der Waals surface area (Å²) in [5, 5.41) is 3.89. The van der Waals surface area contributed by atoms with Crippen LogP contribution in [0.3, 0.4) is 0 Å². The van der Waals surface area contributed by atoms with E-state index in [1.165, 1.54) is 18.2 Å². The number of benzene rings is 2. The molecule has 0 amide bonds. The van der Waals surface area contributed by atoms with Gasteiger partial charge in [0.15, 0.2) is 11.4 Å². The summed E-state index contributed by atoms with van der Waals surface area (Å²) in [5.41, 5.74) is 1.25. The van der Waals surface area contributed by atoms with E-state index in [-0.39, 0.29) is 23.3 Å². The third-order valence-electron chi connectivity index (χ3n) is 3.56. The molecule has 0 saturated heterocycles. The van der Waals surface area contributed by atoms with E-state index in [0.29, 0.717) is 12.2 Å². The van der Waals surface area contributed by atoms with E-state index in [1.807, 2.05) is 19.2 Å².